The van der Waals surface area contributed by atoms with Crippen molar-refractivity contribution in [3.05, 3.63) is 28.7 Å². The maximum Gasteiger partial charge on any atom is 0.241 e. The van der Waals surface area contributed by atoms with Crippen LogP contribution in [-0.2, 0) is 4.79 Å². The van der Waals surface area contributed by atoms with E-state index in [0.29, 0.717) is 5.11 Å². The van der Waals surface area contributed by atoms with E-state index in [9.17, 15) is 4.79 Å². The average molecular weight is 357 g/mol. The highest BCUT2D eigenvalue weighted by atomic mass is 79.9. The van der Waals surface area contributed by atoms with Gasteiger partial charge in [0, 0.05) is 16.1 Å². The zero-order valence-corrected chi connectivity index (χ0v) is 13.3. The predicted molar refractivity (Wildman–Crippen MR) is 87.2 cm³/mol. The van der Waals surface area contributed by atoms with E-state index in [1.807, 2.05) is 24.3 Å². The summed E-state index contributed by atoms with van der Waals surface area (Å²) in [6.07, 6.45) is 1.72. The van der Waals surface area contributed by atoms with Gasteiger partial charge < -0.3 is 10.6 Å². The van der Waals surface area contributed by atoms with Gasteiger partial charge in [0.25, 0.3) is 0 Å². The molecule has 1 saturated heterocycles. The molecular formula is C13H17BrN4OS. The SMILES string of the molecule is O=C(NNC(=S)Nc1ccc(Br)cc1)C1CCNCC1. The summed E-state index contributed by atoms with van der Waals surface area (Å²) in [7, 11) is 0. The van der Waals surface area contributed by atoms with Crippen molar-refractivity contribution in [2.75, 3.05) is 18.4 Å². The topological polar surface area (TPSA) is 65.2 Å². The van der Waals surface area contributed by atoms with Gasteiger partial charge in [-0.05, 0) is 62.4 Å². The molecule has 1 aromatic carbocycles. The molecule has 1 amide bonds. The molecule has 2 rings (SSSR count). The quantitative estimate of drug-likeness (QED) is 0.480. The summed E-state index contributed by atoms with van der Waals surface area (Å²) in [5, 5.41) is 6.60. The lowest BCUT2D eigenvalue weighted by atomic mass is 9.98. The highest BCUT2D eigenvalue weighted by molar-refractivity contribution is 9.10. The lowest BCUT2D eigenvalue weighted by Crippen LogP contribution is -2.48. The summed E-state index contributed by atoms with van der Waals surface area (Å²) >= 11 is 8.49. The predicted octanol–water partition coefficient (Wildman–Crippen LogP) is 1.77. The number of nitrogens with one attached hydrogen (secondary N) is 4. The van der Waals surface area contributed by atoms with Crippen molar-refractivity contribution in [3.63, 3.8) is 0 Å². The Bertz CT molecular complexity index is 474. The molecule has 20 heavy (non-hydrogen) atoms. The Labute approximate surface area is 132 Å². The number of carbonyl (C=O) groups excluding carboxylic acids is 1. The van der Waals surface area contributed by atoms with Crippen LogP contribution in [0.5, 0.6) is 0 Å². The van der Waals surface area contributed by atoms with Gasteiger partial charge in [-0.3, -0.25) is 15.6 Å². The summed E-state index contributed by atoms with van der Waals surface area (Å²) < 4.78 is 1.00. The first-order chi connectivity index (χ1) is 9.65. The van der Waals surface area contributed by atoms with E-state index in [1.54, 1.807) is 0 Å². The Morgan fingerprint density at radius 1 is 1.20 bits per heavy atom. The van der Waals surface area contributed by atoms with Gasteiger partial charge in [0.1, 0.15) is 0 Å². The third kappa shape index (κ3) is 4.73. The van der Waals surface area contributed by atoms with Crippen molar-refractivity contribution in [1.29, 1.82) is 0 Å². The van der Waals surface area contributed by atoms with Crippen LogP contribution in [0, 0.1) is 5.92 Å². The number of anilines is 1. The molecule has 4 N–H and O–H groups in total. The van der Waals surface area contributed by atoms with E-state index in [0.717, 1.165) is 36.1 Å². The van der Waals surface area contributed by atoms with Gasteiger partial charge in [0.15, 0.2) is 5.11 Å². The van der Waals surface area contributed by atoms with Crippen molar-refractivity contribution in [2.45, 2.75) is 12.8 Å². The van der Waals surface area contributed by atoms with Crippen LogP contribution in [0.3, 0.4) is 0 Å². The molecule has 1 aromatic rings. The summed E-state index contributed by atoms with van der Waals surface area (Å²) in [6, 6.07) is 7.62. The molecule has 0 atom stereocenters. The third-order valence-electron chi connectivity index (χ3n) is 3.11. The number of thiocarbonyl (C=S) groups is 1. The van der Waals surface area contributed by atoms with E-state index in [4.69, 9.17) is 12.2 Å². The lowest BCUT2D eigenvalue weighted by molar-refractivity contribution is -0.126. The molecule has 1 aliphatic heterocycles. The number of carbonyl (C=O) groups is 1. The second-order valence-electron chi connectivity index (χ2n) is 4.60. The maximum atomic E-state index is 11.9. The van der Waals surface area contributed by atoms with E-state index in [2.05, 4.69) is 37.4 Å². The Morgan fingerprint density at radius 3 is 2.50 bits per heavy atom. The Kier molecular flexibility index (Phi) is 5.75. The first-order valence-electron chi connectivity index (χ1n) is 6.48. The van der Waals surface area contributed by atoms with Crippen LogP contribution >= 0.6 is 28.1 Å². The first-order valence-corrected chi connectivity index (χ1v) is 7.68. The Balaban J connectivity index is 1.74. The van der Waals surface area contributed by atoms with Gasteiger partial charge in [-0.2, -0.15) is 0 Å². The molecule has 0 bridgehead atoms. The maximum absolute atomic E-state index is 11.9. The molecule has 0 radical (unpaired) electrons. The number of halogens is 1. The van der Waals surface area contributed by atoms with Gasteiger partial charge in [-0.15, -0.1) is 0 Å². The average Bonchev–Trinajstić information content (AvgIpc) is 2.48. The fourth-order valence-electron chi connectivity index (χ4n) is 2.00. The van der Waals surface area contributed by atoms with Crippen LogP contribution in [-0.4, -0.2) is 24.1 Å². The summed E-state index contributed by atoms with van der Waals surface area (Å²) in [5.74, 6) is 0.0469. The largest absolute Gasteiger partial charge is 0.331 e. The van der Waals surface area contributed by atoms with Crippen LogP contribution in [0.2, 0.25) is 0 Å². The second kappa shape index (κ2) is 7.56. The minimum absolute atomic E-state index is 0.00791. The van der Waals surface area contributed by atoms with Crippen LogP contribution in [0.25, 0.3) is 0 Å². The van der Waals surface area contributed by atoms with Crippen molar-refractivity contribution in [2.24, 2.45) is 5.92 Å². The summed E-state index contributed by atoms with van der Waals surface area (Å²) in [5.41, 5.74) is 6.25. The van der Waals surface area contributed by atoms with E-state index in [-0.39, 0.29) is 11.8 Å². The molecule has 0 spiro atoms. The summed E-state index contributed by atoms with van der Waals surface area (Å²) in [6.45, 7) is 1.78. The smallest absolute Gasteiger partial charge is 0.241 e. The number of rotatable bonds is 2. The second-order valence-corrected chi connectivity index (χ2v) is 5.92. The molecule has 5 nitrogen and oxygen atoms in total. The number of hydrogen-bond acceptors (Lipinski definition) is 3. The minimum atomic E-state index is -0.00791. The van der Waals surface area contributed by atoms with E-state index < -0.39 is 0 Å². The van der Waals surface area contributed by atoms with Crippen LogP contribution in [0.15, 0.2) is 28.7 Å². The fourth-order valence-corrected chi connectivity index (χ4v) is 2.43. The zero-order valence-electron chi connectivity index (χ0n) is 10.9. The first kappa shape index (κ1) is 15.2. The number of amides is 1. The van der Waals surface area contributed by atoms with E-state index >= 15 is 0 Å². The Hall–Kier alpha value is -1.18. The van der Waals surface area contributed by atoms with Crippen molar-refractivity contribution < 1.29 is 4.79 Å². The third-order valence-corrected chi connectivity index (χ3v) is 3.84. The number of hydrazine groups is 1. The standard InChI is InChI=1S/C13H17BrN4OS/c14-10-1-3-11(4-2-10)16-13(20)18-17-12(19)9-5-7-15-8-6-9/h1-4,9,15H,5-8H2,(H,17,19)(H2,16,18,20). The minimum Gasteiger partial charge on any atom is -0.331 e. The molecule has 108 valence electrons. The summed E-state index contributed by atoms with van der Waals surface area (Å²) in [4.78, 5) is 11.9. The normalized spacial score (nSPS) is 15.4. The van der Waals surface area contributed by atoms with Gasteiger partial charge in [0.05, 0.1) is 0 Å². The zero-order chi connectivity index (χ0) is 14.4. The monoisotopic (exact) mass is 356 g/mol. The molecule has 0 aromatic heterocycles. The molecule has 0 unspecified atom stereocenters. The van der Waals surface area contributed by atoms with Gasteiger partial charge in [-0.25, -0.2) is 0 Å². The highest BCUT2D eigenvalue weighted by Crippen LogP contribution is 2.14. The lowest BCUT2D eigenvalue weighted by Gasteiger charge is -2.22. The number of benzene rings is 1. The van der Waals surface area contributed by atoms with Gasteiger partial charge >= 0.3 is 0 Å². The molecule has 1 fully saturated rings. The van der Waals surface area contributed by atoms with Gasteiger partial charge in [0.2, 0.25) is 5.91 Å². The molecule has 7 heteroatoms. The van der Waals surface area contributed by atoms with Crippen molar-refractivity contribution in [3.8, 4) is 0 Å². The molecule has 0 saturated carbocycles. The molecule has 0 aliphatic carbocycles. The number of hydrogen-bond donors (Lipinski definition) is 4. The van der Waals surface area contributed by atoms with Gasteiger partial charge in [-0.1, -0.05) is 15.9 Å². The van der Waals surface area contributed by atoms with E-state index in [1.165, 1.54) is 0 Å². The van der Waals surface area contributed by atoms with Crippen LogP contribution in [0.1, 0.15) is 12.8 Å². The fraction of sp³-hybridized carbons (Fsp3) is 0.385. The Morgan fingerprint density at radius 2 is 1.85 bits per heavy atom. The molecule has 1 heterocycles. The van der Waals surface area contributed by atoms with Crippen LogP contribution < -0.4 is 21.5 Å². The molecular weight excluding hydrogens is 340 g/mol. The molecule has 1 aliphatic rings. The van der Waals surface area contributed by atoms with Crippen molar-refractivity contribution >= 4 is 44.9 Å². The number of piperidine rings is 1. The van der Waals surface area contributed by atoms with Crippen LogP contribution in [0.4, 0.5) is 5.69 Å². The highest BCUT2D eigenvalue weighted by Gasteiger charge is 2.20. The van der Waals surface area contributed by atoms with Crippen molar-refractivity contribution in [1.82, 2.24) is 16.2 Å².